The molecule has 4 atom stereocenters. The Morgan fingerprint density at radius 2 is 1.60 bits per heavy atom. The van der Waals surface area contributed by atoms with Gasteiger partial charge in [-0.1, -0.05) is 101 Å². The summed E-state index contributed by atoms with van der Waals surface area (Å²) in [4.78, 5) is 51.9. The molecule has 0 bridgehead atoms. The largest absolute Gasteiger partial charge is 0.497 e. The molecule has 3 N–H and O–H groups in total. The lowest BCUT2D eigenvalue weighted by molar-refractivity contribution is -0.173. The second kappa shape index (κ2) is 21.8. The Morgan fingerprint density at radius 1 is 0.920 bits per heavy atom. The molecular weight excluding hydrogens is 653 g/mol. The molecule has 274 valence electrons. The number of rotatable bonds is 21. The van der Waals surface area contributed by atoms with Gasteiger partial charge < -0.3 is 30.0 Å². The summed E-state index contributed by atoms with van der Waals surface area (Å²) in [5.41, 5.74) is 7.31. The van der Waals surface area contributed by atoms with Gasteiger partial charge in [-0.3, -0.25) is 9.59 Å². The van der Waals surface area contributed by atoms with E-state index in [9.17, 15) is 19.2 Å². The molecule has 0 spiro atoms. The fourth-order valence-corrected chi connectivity index (χ4v) is 5.49. The normalized spacial score (nSPS) is 14.2. The van der Waals surface area contributed by atoms with Crippen LogP contribution in [0.3, 0.4) is 0 Å². The molecule has 10 nitrogen and oxygen atoms in total. The van der Waals surface area contributed by atoms with Crippen LogP contribution in [0.1, 0.15) is 51.2 Å². The third-order valence-electron chi connectivity index (χ3n) is 7.75. The summed E-state index contributed by atoms with van der Waals surface area (Å²) >= 11 is 0. The summed E-state index contributed by atoms with van der Waals surface area (Å²) in [6, 6.07) is 16.9. The first-order valence-electron chi connectivity index (χ1n) is 17.3. The van der Waals surface area contributed by atoms with Gasteiger partial charge in [0.2, 0.25) is 5.91 Å². The zero-order chi connectivity index (χ0) is 37.1. The standard InChI is InChI=1S/C39H56N2O8Si/c1-28(2)26-35(48-37(43)22-23-40)39(45)49-34(29(3)16-17-30-12-9-8-10-13-30)14-11-15-36(42)41-33(38(44)47-24-25-50(5,6)7)27-31-18-20-32(46-4)21-19-31/h8-13,15-21,28-29,33-35H,14,22-27,40H2,1-7H3,(H,41,42)/b15-11+,17-16+/t29-,33-,34-,35?/m0/s1. The maximum Gasteiger partial charge on any atom is 0.347 e. The highest BCUT2D eigenvalue weighted by molar-refractivity contribution is 6.76. The Kier molecular flexibility index (Phi) is 18.3. The summed E-state index contributed by atoms with van der Waals surface area (Å²) in [7, 11) is 0.139. The number of ether oxygens (including phenoxy) is 4. The predicted octanol–water partition coefficient (Wildman–Crippen LogP) is 6.12. The minimum atomic E-state index is -1.44. The van der Waals surface area contributed by atoms with Gasteiger partial charge in [-0.05, 0) is 47.7 Å². The number of esters is 3. The van der Waals surface area contributed by atoms with Crippen LogP contribution in [0.25, 0.3) is 6.08 Å². The van der Waals surface area contributed by atoms with Gasteiger partial charge in [-0.2, -0.15) is 0 Å². The van der Waals surface area contributed by atoms with Gasteiger partial charge in [0.1, 0.15) is 17.9 Å². The number of methoxy groups -OCH3 is 1. The number of amides is 1. The van der Waals surface area contributed by atoms with Crippen LogP contribution in [-0.4, -0.2) is 70.4 Å². The molecule has 50 heavy (non-hydrogen) atoms. The van der Waals surface area contributed by atoms with Crippen molar-refractivity contribution in [3.63, 3.8) is 0 Å². The average Bonchev–Trinajstić information content (AvgIpc) is 3.06. The minimum Gasteiger partial charge on any atom is -0.497 e. The smallest absolute Gasteiger partial charge is 0.347 e. The number of carbonyl (C=O) groups is 4. The van der Waals surface area contributed by atoms with E-state index in [1.54, 1.807) is 25.3 Å². The van der Waals surface area contributed by atoms with E-state index in [0.29, 0.717) is 12.4 Å². The summed E-state index contributed by atoms with van der Waals surface area (Å²) in [5, 5.41) is 2.80. The van der Waals surface area contributed by atoms with Gasteiger partial charge in [-0.25, -0.2) is 9.59 Å². The maximum absolute atomic E-state index is 13.4. The van der Waals surface area contributed by atoms with Crippen molar-refractivity contribution in [2.75, 3.05) is 20.3 Å². The van der Waals surface area contributed by atoms with Crippen LogP contribution in [0.15, 0.2) is 72.8 Å². The number of nitrogens with two attached hydrogens (primary N) is 1. The molecular formula is C39H56N2O8Si. The van der Waals surface area contributed by atoms with E-state index in [1.807, 2.05) is 75.4 Å². The second-order valence-corrected chi connectivity index (χ2v) is 19.6. The van der Waals surface area contributed by atoms with Crippen LogP contribution in [0.2, 0.25) is 25.7 Å². The Hall–Kier alpha value is -4.22. The van der Waals surface area contributed by atoms with Crippen molar-refractivity contribution in [1.29, 1.82) is 0 Å². The Morgan fingerprint density at radius 3 is 2.20 bits per heavy atom. The van der Waals surface area contributed by atoms with Gasteiger partial charge in [0.15, 0.2) is 6.10 Å². The van der Waals surface area contributed by atoms with Crippen LogP contribution in [0.5, 0.6) is 5.75 Å². The van der Waals surface area contributed by atoms with Crippen LogP contribution in [0.4, 0.5) is 0 Å². The third-order valence-corrected chi connectivity index (χ3v) is 9.45. The molecule has 1 unspecified atom stereocenters. The van der Waals surface area contributed by atoms with Crippen LogP contribution in [-0.2, 0) is 39.8 Å². The van der Waals surface area contributed by atoms with Gasteiger partial charge in [0.05, 0.1) is 20.1 Å². The van der Waals surface area contributed by atoms with Crippen molar-refractivity contribution in [2.24, 2.45) is 17.6 Å². The second-order valence-electron chi connectivity index (χ2n) is 14.0. The van der Waals surface area contributed by atoms with Crippen molar-refractivity contribution in [2.45, 2.75) is 90.4 Å². The number of hydrogen-bond donors (Lipinski definition) is 2. The lowest BCUT2D eigenvalue weighted by Gasteiger charge is -2.25. The van der Waals surface area contributed by atoms with E-state index in [2.05, 4.69) is 25.0 Å². The predicted molar refractivity (Wildman–Crippen MR) is 199 cm³/mol. The van der Waals surface area contributed by atoms with Gasteiger partial charge in [-0.15, -0.1) is 0 Å². The fraction of sp³-hybridized carbons (Fsp3) is 0.487. The number of carbonyl (C=O) groups excluding carboxylic acids is 4. The zero-order valence-electron chi connectivity index (χ0n) is 30.7. The number of nitrogens with one attached hydrogen (secondary N) is 1. The van der Waals surface area contributed by atoms with Gasteiger partial charge in [0.25, 0.3) is 0 Å². The van der Waals surface area contributed by atoms with E-state index in [0.717, 1.165) is 17.2 Å². The molecule has 0 aliphatic carbocycles. The Balaban J connectivity index is 2.23. The molecule has 0 aliphatic rings. The van der Waals surface area contributed by atoms with Crippen molar-refractivity contribution < 1.29 is 38.1 Å². The number of hydrogen-bond acceptors (Lipinski definition) is 9. The Bertz CT molecular complexity index is 1400. The molecule has 0 aliphatic heterocycles. The van der Waals surface area contributed by atoms with Crippen LogP contribution >= 0.6 is 0 Å². The molecule has 0 radical (unpaired) electrons. The lowest BCUT2D eigenvalue weighted by Crippen LogP contribution is -2.43. The molecule has 0 fully saturated rings. The van der Waals surface area contributed by atoms with Gasteiger partial charge in [0, 0.05) is 33.4 Å². The van der Waals surface area contributed by atoms with E-state index in [-0.39, 0.29) is 44.1 Å². The summed E-state index contributed by atoms with van der Waals surface area (Å²) in [6.45, 7) is 12.7. The maximum atomic E-state index is 13.4. The van der Waals surface area contributed by atoms with Gasteiger partial charge >= 0.3 is 17.9 Å². The van der Waals surface area contributed by atoms with E-state index in [1.165, 1.54) is 6.08 Å². The molecule has 11 heteroatoms. The lowest BCUT2D eigenvalue weighted by atomic mass is 9.99. The monoisotopic (exact) mass is 708 g/mol. The third kappa shape index (κ3) is 16.9. The first kappa shape index (κ1) is 41.9. The topological polar surface area (TPSA) is 143 Å². The fourth-order valence-electron chi connectivity index (χ4n) is 4.78. The molecule has 0 saturated heterocycles. The van der Waals surface area contributed by atoms with Crippen molar-refractivity contribution in [3.05, 3.63) is 84.0 Å². The Labute approximate surface area is 298 Å². The first-order chi connectivity index (χ1) is 23.7. The molecule has 0 heterocycles. The van der Waals surface area contributed by atoms with Crippen LogP contribution < -0.4 is 15.8 Å². The van der Waals surface area contributed by atoms with Crippen molar-refractivity contribution in [3.8, 4) is 5.75 Å². The van der Waals surface area contributed by atoms with E-state index < -0.39 is 50.1 Å². The highest BCUT2D eigenvalue weighted by Gasteiger charge is 2.29. The molecule has 0 saturated carbocycles. The number of benzene rings is 2. The molecule has 2 aromatic rings. The first-order valence-corrected chi connectivity index (χ1v) is 21.0. The van der Waals surface area contributed by atoms with Crippen LogP contribution in [0, 0.1) is 11.8 Å². The molecule has 1 amide bonds. The zero-order valence-corrected chi connectivity index (χ0v) is 31.7. The summed E-state index contributed by atoms with van der Waals surface area (Å²) in [5.74, 6) is -1.75. The SMILES string of the molecule is COc1ccc(C[C@H](NC(=O)/C=C/C[C@H](OC(=O)C(CC(C)C)OC(=O)CCN)[C@@H](C)/C=C/c2ccccc2)C(=O)OCC[Si](C)(C)C)cc1. The van der Waals surface area contributed by atoms with E-state index >= 15 is 0 Å². The molecule has 2 rings (SSSR count). The highest BCUT2D eigenvalue weighted by atomic mass is 28.3. The summed E-state index contributed by atoms with van der Waals surface area (Å²) < 4.78 is 22.2. The average molecular weight is 709 g/mol. The highest BCUT2D eigenvalue weighted by Crippen LogP contribution is 2.20. The molecule has 0 aromatic heterocycles. The van der Waals surface area contributed by atoms with Crippen molar-refractivity contribution in [1.82, 2.24) is 5.32 Å². The van der Waals surface area contributed by atoms with Crippen molar-refractivity contribution >= 4 is 38.0 Å². The van der Waals surface area contributed by atoms with E-state index in [4.69, 9.17) is 24.7 Å². The molecule has 2 aromatic carbocycles. The minimum absolute atomic E-state index is 0.00924. The summed E-state index contributed by atoms with van der Waals surface area (Å²) in [6.07, 6.45) is 5.74. The quantitative estimate of drug-likeness (QED) is 0.0679.